The highest BCUT2D eigenvalue weighted by Gasteiger charge is 2.28. The van der Waals surface area contributed by atoms with E-state index in [2.05, 4.69) is 0 Å². The molecule has 9 heteroatoms. The van der Waals surface area contributed by atoms with Crippen molar-refractivity contribution in [2.45, 2.75) is 38.1 Å². The Bertz CT molecular complexity index is 1230. The number of sulfonamides is 1. The zero-order valence-corrected chi connectivity index (χ0v) is 22.9. The monoisotopic (exact) mass is 530 g/mol. The first-order valence-corrected chi connectivity index (χ1v) is 14.2. The number of nitrogens with zero attached hydrogens (tertiary/aromatic N) is 2. The van der Waals surface area contributed by atoms with Crippen LogP contribution in [0.1, 0.15) is 29.3 Å². The molecule has 0 saturated heterocycles. The minimum Gasteiger partial charge on any atom is -0.493 e. The van der Waals surface area contributed by atoms with Crippen LogP contribution < -0.4 is 9.47 Å². The molecule has 0 bridgehead atoms. The zero-order chi connectivity index (χ0) is 26.1. The summed E-state index contributed by atoms with van der Waals surface area (Å²) >= 11 is 1.57. The Labute approximate surface area is 218 Å². The van der Waals surface area contributed by atoms with E-state index in [0.717, 1.165) is 16.0 Å². The average Bonchev–Trinajstić information content (AvgIpc) is 3.39. The van der Waals surface area contributed by atoms with Crippen LogP contribution in [0.2, 0.25) is 0 Å². The number of carbonyl (C=O) groups excluding carboxylic acids is 1. The Morgan fingerprint density at radius 2 is 1.69 bits per heavy atom. The summed E-state index contributed by atoms with van der Waals surface area (Å²) in [5.41, 5.74) is 1.97. The summed E-state index contributed by atoms with van der Waals surface area (Å²) in [6.45, 7) is 4.74. The molecule has 0 spiro atoms. The SMILES string of the molecule is CCCN(CC(=O)N(CCc1ccc(OC)c(OC)c1)Cc1cccs1)S(=O)(=O)c1ccc(C)cc1. The number of ether oxygens (including phenoxy) is 2. The lowest BCUT2D eigenvalue weighted by Crippen LogP contribution is -2.43. The number of methoxy groups -OCH3 is 2. The Morgan fingerprint density at radius 3 is 2.31 bits per heavy atom. The molecule has 0 radical (unpaired) electrons. The number of benzene rings is 2. The van der Waals surface area contributed by atoms with Gasteiger partial charge in [-0.25, -0.2) is 8.42 Å². The van der Waals surface area contributed by atoms with Crippen molar-refractivity contribution in [1.29, 1.82) is 0 Å². The van der Waals surface area contributed by atoms with Gasteiger partial charge >= 0.3 is 0 Å². The van der Waals surface area contributed by atoms with Crippen molar-refractivity contribution in [3.63, 3.8) is 0 Å². The first-order chi connectivity index (χ1) is 17.3. The van der Waals surface area contributed by atoms with Gasteiger partial charge in [0.2, 0.25) is 15.9 Å². The van der Waals surface area contributed by atoms with E-state index >= 15 is 0 Å². The average molecular weight is 531 g/mol. The fourth-order valence-electron chi connectivity index (χ4n) is 3.83. The van der Waals surface area contributed by atoms with E-state index in [4.69, 9.17) is 9.47 Å². The Kier molecular flexibility index (Phi) is 9.92. The molecule has 0 fully saturated rings. The fourth-order valence-corrected chi connectivity index (χ4v) is 6.03. The molecular formula is C27H34N2O5S2. The molecule has 1 amide bonds. The molecule has 3 rings (SSSR count). The molecule has 36 heavy (non-hydrogen) atoms. The van der Waals surface area contributed by atoms with E-state index in [1.54, 1.807) is 54.7 Å². The molecule has 3 aromatic rings. The molecule has 1 heterocycles. The number of rotatable bonds is 13. The summed E-state index contributed by atoms with van der Waals surface area (Å²) in [5.74, 6) is 1.04. The lowest BCUT2D eigenvalue weighted by Gasteiger charge is -2.27. The van der Waals surface area contributed by atoms with E-state index in [9.17, 15) is 13.2 Å². The zero-order valence-electron chi connectivity index (χ0n) is 21.3. The van der Waals surface area contributed by atoms with Crippen molar-refractivity contribution < 1.29 is 22.7 Å². The standard InChI is InChI=1S/C27H34N2O5S2/c1-5-15-29(36(31,32)24-11-8-21(2)9-12-24)20-27(30)28(19-23-7-6-17-35-23)16-14-22-10-13-25(33-3)26(18-22)34-4/h6-13,17-18H,5,14-16,19-20H2,1-4H3. The molecule has 7 nitrogen and oxygen atoms in total. The van der Waals surface area contributed by atoms with Gasteiger partial charge in [-0.3, -0.25) is 4.79 Å². The molecule has 0 atom stereocenters. The minimum absolute atomic E-state index is 0.199. The predicted molar refractivity (Wildman–Crippen MR) is 143 cm³/mol. The number of aryl methyl sites for hydroxylation is 1. The smallest absolute Gasteiger partial charge is 0.243 e. The fraction of sp³-hybridized carbons (Fsp3) is 0.370. The summed E-state index contributed by atoms with van der Waals surface area (Å²) in [6.07, 6.45) is 1.20. The van der Waals surface area contributed by atoms with Crippen molar-refractivity contribution in [2.24, 2.45) is 0 Å². The number of amides is 1. The maximum Gasteiger partial charge on any atom is 0.243 e. The maximum absolute atomic E-state index is 13.5. The van der Waals surface area contributed by atoms with Crippen molar-refractivity contribution >= 4 is 27.3 Å². The van der Waals surface area contributed by atoms with Crippen LogP contribution in [0.3, 0.4) is 0 Å². The summed E-state index contributed by atoms with van der Waals surface area (Å²) in [7, 11) is -0.619. The minimum atomic E-state index is -3.80. The second-order valence-electron chi connectivity index (χ2n) is 8.49. The third-order valence-electron chi connectivity index (χ3n) is 5.84. The predicted octanol–water partition coefficient (Wildman–Crippen LogP) is 4.75. The third-order valence-corrected chi connectivity index (χ3v) is 8.56. The summed E-state index contributed by atoms with van der Waals surface area (Å²) in [4.78, 5) is 16.5. The Balaban J connectivity index is 1.80. The first kappa shape index (κ1) is 27.7. The van der Waals surface area contributed by atoms with E-state index < -0.39 is 10.0 Å². The molecule has 2 aromatic carbocycles. The van der Waals surface area contributed by atoms with Crippen LogP contribution in [-0.4, -0.2) is 57.4 Å². The van der Waals surface area contributed by atoms with Gasteiger partial charge in [0.25, 0.3) is 0 Å². The molecule has 0 aliphatic carbocycles. The van der Waals surface area contributed by atoms with Gasteiger partial charge in [-0.2, -0.15) is 4.31 Å². The summed E-state index contributed by atoms with van der Waals surface area (Å²) in [6, 6.07) is 16.3. The van der Waals surface area contributed by atoms with Gasteiger partial charge in [0.15, 0.2) is 11.5 Å². The van der Waals surface area contributed by atoms with Crippen molar-refractivity contribution in [1.82, 2.24) is 9.21 Å². The van der Waals surface area contributed by atoms with E-state index in [0.29, 0.717) is 37.4 Å². The van der Waals surface area contributed by atoms with Crippen LogP contribution in [0.5, 0.6) is 11.5 Å². The van der Waals surface area contributed by atoms with Gasteiger partial charge in [-0.05, 0) is 61.0 Å². The van der Waals surface area contributed by atoms with E-state index in [-0.39, 0.29) is 23.9 Å². The van der Waals surface area contributed by atoms with Crippen LogP contribution in [0.15, 0.2) is 64.9 Å². The van der Waals surface area contributed by atoms with Crippen molar-refractivity contribution in [3.8, 4) is 11.5 Å². The van der Waals surface area contributed by atoms with Crippen LogP contribution in [-0.2, 0) is 27.8 Å². The van der Waals surface area contributed by atoms with Crippen LogP contribution in [0.25, 0.3) is 0 Å². The van der Waals surface area contributed by atoms with Crippen LogP contribution in [0, 0.1) is 6.92 Å². The molecule has 0 aliphatic heterocycles. The van der Waals surface area contributed by atoms with Gasteiger partial charge < -0.3 is 14.4 Å². The highest BCUT2D eigenvalue weighted by atomic mass is 32.2. The lowest BCUT2D eigenvalue weighted by atomic mass is 10.1. The lowest BCUT2D eigenvalue weighted by molar-refractivity contribution is -0.132. The van der Waals surface area contributed by atoms with Gasteiger partial charge in [-0.1, -0.05) is 36.8 Å². The topological polar surface area (TPSA) is 76.2 Å². The highest BCUT2D eigenvalue weighted by molar-refractivity contribution is 7.89. The molecule has 0 saturated carbocycles. The molecule has 0 unspecified atom stereocenters. The Morgan fingerprint density at radius 1 is 0.972 bits per heavy atom. The van der Waals surface area contributed by atoms with Gasteiger partial charge in [0.05, 0.1) is 32.2 Å². The number of hydrogen-bond acceptors (Lipinski definition) is 6. The molecule has 194 valence electrons. The normalized spacial score (nSPS) is 11.5. The molecule has 0 aliphatic rings. The second-order valence-corrected chi connectivity index (χ2v) is 11.5. The van der Waals surface area contributed by atoms with E-state index in [1.807, 2.05) is 49.6 Å². The number of hydrogen-bond donors (Lipinski definition) is 0. The van der Waals surface area contributed by atoms with E-state index in [1.165, 1.54) is 4.31 Å². The Hall–Kier alpha value is -2.88. The van der Waals surface area contributed by atoms with Crippen molar-refractivity contribution in [3.05, 3.63) is 76.0 Å². The number of thiophene rings is 1. The van der Waals surface area contributed by atoms with Gasteiger partial charge in [0, 0.05) is 18.0 Å². The second kappa shape index (κ2) is 12.9. The third kappa shape index (κ3) is 7.09. The first-order valence-electron chi connectivity index (χ1n) is 11.9. The number of carbonyl (C=O) groups is 1. The van der Waals surface area contributed by atoms with Gasteiger partial charge in [-0.15, -0.1) is 11.3 Å². The molecular weight excluding hydrogens is 496 g/mol. The summed E-state index contributed by atoms with van der Waals surface area (Å²) < 4.78 is 38.7. The summed E-state index contributed by atoms with van der Waals surface area (Å²) in [5, 5.41) is 1.97. The van der Waals surface area contributed by atoms with Crippen molar-refractivity contribution in [2.75, 3.05) is 33.9 Å². The molecule has 0 N–H and O–H groups in total. The maximum atomic E-state index is 13.5. The quantitative estimate of drug-likeness (QED) is 0.319. The van der Waals surface area contributed by atoms with Crippen LogP contribution >= 0.6 is 11.3 Å². The molecule has 1 aromatic heterocycles. The van der Waals surface area contributed by atoms with Gasteiger partial charge in [0.1, 0.15) is 0 Å². The van der Waals surface area contributed by atoms with Crippen LogP contribution in [0.4, 0.5) is 0 Å². The largest absolute Gasteiger partial charge is 0.493 e. The highest BCUT2D eigenvalue weighted by Crippen LogP contribution is 2.28.